The maximum atomic E-state index is 13.2. The summed E-state index contributed by atoms with van der Waals surface area (Å²) in [5.74, 6) is 0.335. The molecule has 0 saturated carbocycles. The number of aryl methyl sites for hydroxylation is 1. The fourth-order valence-electron chi connectivity index (χ4n) is 2.36. The minimum atomic E-state index is -0.266. The van der Waals surface area contributed by atoms with Crippen LogP contribution in [0.3, 0.4) is 0 Å². The van der Waals surface area contributed by atoms with E-state index in [0.29, 0.717) is 5.78 Å². The van der Waals surface area contributed by atoms with E-state index in [0.717, 1.165) is 27.7 Å². The molecule has 0 aliphatic heterocycles. The maximum Gasteiger partial charge on any atom is 0.234 e. The van der Waals surface area contributed by atoms with E-state index in [1.165, 1.54) is 12.1 Å². The lowest BCUT2D eigenvalue weighted by Crippen LogP contribution is -1.90. The Labute approximate surface area is 129 Å². The van der Waals surface area contributed by atoms with E-state index in [4.69, 9.17) is 0 Å². The summed E-state index contributed by atoms with van der Waals surface area (Å²) in [7, 11) is 0. The average Bonchev–Trinajstić information content (AvgIpc) is 3.11. The van der Waals surface area contributed by atoms with Gasteiger partial charge in [0.25, 0.3) is 0 Å². The van der Waals surface area contributed by atoms with Crippen molar-refractivity contribution >= 4 is 17.1 Å². The van der Waals surface area contributed by atoms with E-state index >= 15 is 0 Å². The number of nitrogens with zero attached hydrogens (tertiary/aromatic N) is 4. The smallest absolute Gasteiger partial charge is 0.234 e. The first-order valence-corrected chi connectivity index (χ1v) is 7.62. The van der Waals surface area contributed by atoms with Gasteiger partial charge >= 0.3 is 0 Å². The van der Waals surface area contributed by atoms with Gasteiger partial charge in [-0.25, -0.2) is 19.3 Å². The van der Waals surface area contributed by atoms with Crippen LogP contribution in [-0.2, 0) is 0 Å². The quantitative estimate of drug-likeness (QED) is 0.563. The summed E-state index contributed by atoms with van der Waals surface area (Å²) in [6.07, 6.45) is 3.61. The van der Waals surface area contributed by atoms with E-state index in [2.05, 4.69) is 15.0 Å². The Morgan fingerprint density at radius 3 is 2.68 bits per heavy atom. The van der Waals surface area contributed by atoms with Crippen LogP contribution in [0.15, 0.2) is 48.1 Å². The van der Waals surface area contributed by atoms with Crippen molar-refractivity contribution in [2.75, 3.05) is 0 Å². The molecule has 0 atom stereocenters. The molecule has 0 bridgehead atoms. The number of thiazole rings is 1. The predicted molar refractivity (Wildman–Crippen MR) is 84.2 cm³/mol. The number of imidazole rings is 1. The first-order chi connectivity index (χ1) is 10.7. The van der Waals surface area contributed by atoms with E-state index in [1.807, 2.05) is 29.0 Å². The number of aromatic nitrogens is 4. The van der Waals surface area contributed by atoms with Gasteiger partial charge in [-0.3, -0.25) is 4.40 Å². The van der Waals surface area contributed by atoms with Crippen LogP contribution in [-0.4, -0.2) is 19.4 Å². The monoisotopic (exact) mass is 310 g/mol. The lowest BCUT2D eigenvalue weighted by Gasteiger charge is -2.02. The Bertz CT molecular complexity index is 956. The zero-order valence-corrected chi connectivity index (χ0v) is 12.5. The Hall–Kier alpha value is -2.60. The van der Waals surface area contributed by atoms with Crippen molar-refractivity contribution in [1.29, 1.82) is 0 Å². The molecule has 0 aliphatic carbocycles. The molecule has 0 unspecified atom stereocenters. The van der Waals surface area contributed by atoms with Crippen molar-refractivity contribution < 1.29 is 4.39 Å². The van der Waals surface area contributed by atoms with Gasteiger partial charge in [-0.1, -0.05) is 0 Å². The zero-order chi connectivity index (χ0) is 15.1. The van der Waals surface area contributed by atoms with E-state index in [9.17, 15) is 4.39 Å². The molecule has 4 rings (SSSR count). The molecule has 3 aromatic heterocycles. The molecular weight excluding hydrogens is 299 g/mol. The number of hydrogen-bond donors (Lipinski definition) is 0. The van der Waals surface area contributed by atoms with Gasteiger partial charge in [0.2, 0.25) is 5.78 Å². The van der Waals surface area contributed by atoms with Crippen molar-refractivity contribution in [2.45, 2.75) is 6.92 Å². The molecule has 3 heterocycles. The summed E-state index contributed by atoms with van der Waals surface area (Å²) in [6, 6.07) is 8.17. The van der Waals surface area contributed by atoms with Crippen molar-refractivity contribution in [2.24, 2.45) is 0 Å². The van der Waals surface area contributed by atoms with Gasteiger partial charge in [-0.15, -0.1) is 11.3 Å². The van der Waals surface area contributed by atoms with Crippen LogP contribution in [0.5, 0.6) is 0 Å². The van der Waals surface area contributed by atoms with Gasteiger partial charge in [0.1, 0.15) is 22.2 Å². The Morgan fingerprint density at radius 1 is 1.14 bits per heavy atom. The number of fused-ring (bicyclic) bond motifs is 1. The van der Waals surface area contributed by atoms with Crippen LogP contribution in [0.4, 0.5) is 4.39 Å². The third kappa shape index (κ3) is 2.08. The second-order valence-corrected chi connectivity index (χ2v) is 5.76. The lowest BCUT2D eigenvalue weighted by molar-refractivity contribution is 0.628. The molecule has 108 valence electrons. The molecule has 0 aliphatic rings. The highest BCUT2D eigenvalue weighted by atomic mass is 32.1. The number of hydrogen-bond acceptors (Lipinski definition) is 4. The molecule has 4 nitrogen and oxygen atoms in total. The first-order valence-electron chi connectivity index (χ1n) is 6.74. The van der Waals surface area contributed by atoms with Gasteiger partial charge < -0.3 is 0 Å². The summed E-state index contributed by atoms with van der Waals surface area (Å²) in [4.78, 5) is 13.4. The minimum Gasteiger partial charge on any atom is -0.281 e. The average molecular weight is 310 g/mol. The molecule has 1 aromatic carbocycles. The molecular formula is C16H11FN4S. The topological polar surface area (TPSA) is 43.1 Å². The van der Waals surface area contributed by atoms with Crippen molar-refractivity contribution in [1.82, 2.24) is 19.4 Å². The zero-order valence-electron chi connectivity index (χ0n) is 11.7. The summed E-state index contributed by atoms with van der Waals surface area (Å²) < 4.78 is 15.1. The normalized spacial score (nSPS) is 11.2. The summed E-state index contributed by atoms with van der Waals surface area (Å²) in [5.41, 5.74) is 3.44. The minimum absolute atomic E-state index is 0.266. The van der Waals surface area contributed by atoms with Crippen LogP contribution in [0.2, 0.25) is 0 Å². The van der Waals surface area contributed by atoms with E-state index in [1.54, 1.807) is 29.7 Å². The molecule has 22 heavy (non-hydrogen) atoms. The Balaban J connectivity index is 2.03. The van der Waals surface area contributed by atoms with Gasteiger partial charge in [0.15, 0.2) is 0 Å². The van der Waals surface area contributed by atoms with Crippen LogP contribution in [0, 0.1) is 12.7 Å². The molecule has 0 radical (unpaired) electrons. The molecule has 0 saturated heterocycles. The van der Waals surface area contributed by atoms with Crippen LogP contribution in [0.25, 0.3) is 27.7 Å². The summed E-state index contributed by atoms with van der Waals surface area (Å²) in [5, 5.41) is 2.87. The largest absolute Gasteiger partial charge is 0.281 e. The third-order valence-electron chi connectivity index (χ3n) is 3.34. The molecule has 0 spiro atoms. The molecule has 6 heteroatoms. The lowest BCUT2D eigenvalue weighted by atomic mass is 10.1. The van der Waals surface area contributed by atoms with Crippen molar-refractivity contribution in [3.05, 3.63) is 59.6 Å². The highest BCUT2D eigenvalue weighted by Crippen LogP contribution is 2.33. The van der Waals surface area contributed by atoms with Crippen LogP contribution < -0.4 is 0 Å². The van der Waals surface area contributed by atoms with Gasteiger partial charge in [-0.05, 0) is 37.3 Å². The third-order valence-corrected chi connectivity index (χ3v) is 4.31. The summed E-state index contributed by atoms with van der Waals surface area (Å²) >= 11 is 1.56. The fourth-order valence-corrected chi connectivity index (χ4v) is 3.20. The highest BCUT2D eigenvalue weighted by molar-refractivity contribution is 7.13. The maximum absolute atomic E-state index is 13.2. The molecule has 0 amide bonds. The molecule has 4 aromatic rings. The first kappa shape index (κ1) is 13.1. The predicted octanol–water partition coefficient (Wildman–Crippen LogP) is 3.97. The van der Waals surface area contributed by atoms with Crippen molar-refractivity contribution in [3.63, 3.8) is 0 Å². The number of halogens is 1. The highest BCUT2D eigenvalue weighted by Gasteiger charge is 2.18. The van der Waals surface area contributed by atoms with Gasteiger partial charge in [0, 0.05) is 29.0 Å². The second kappa shape index (κ2) is 4.99. The number of benzene rings is 1. The summed E-state index contributed by atoms with van der Waals surface area (Å²) in [6.45, 7) is 1.96. The van der Waals surface area contributed by atoms with Gasteiger partial charge in [0.05, 0.1) is 0 Å². The van der Waals surface area contributed by atoms with Crippen LogP contribution >= 0.6 is 11.3 Å². The Kier molecular flexibility index (Phi) is 2.97. The SMILES string of the molecule is Cc1csc(-c2c(-c3ccc(F)cc3)nc3ncccn23)n1. The fraction of sp³-hybridized carbons (Fsp3) is 0.0625. The second-order valence-electron chi connectivity index (χ2n) is 4.90. The van der Waals surface area contributed by atoms with Gasteiger partial charge in [-0.2, -0.15) is 0 Å². The van der Waals surface area contributed by atoms with Crippen LogP contribution in [0.1, 0.15) is 5.69 Å². The molecule has 0 N–H and O–H groups in total. The van der Waals surface area contributed by atoms with E-state index in [-0.39, 0.29) is 5.82 Å². The van der Waals surface area contributed by atoms with E-state index < -0.39 is 0 Å². The Morgan fingerprint density at radius 2 is 1.95 bits per heavy atom. The standard InChI is InChI=1S/C16H11FN4S/c1-10-9-22-15(19-10)14-13(11-3-5-12(17)6-4-11)20-16-18-7-2-8-21(14)16/h2-9H,1H3. The molecule has 0 fully saturated rings. The van der Waals surface area contributed by atoms with Crippen molar-refractivity contribution in [3.8, 4) is 22.0 Å². The number of rotatable bonds is 2.